The van der Waals surface area contributed by atoms with E-state index in [4.69, 9.17) is 14.3 Å². The van der Waals surface area contributed by atoms with Crippen LogP contribution in [-0.2, 0) is 14.3 Å². The second-order valence-corrected chi connectivity index (χ2v) is 3.44. The minimum Gasteiger partial charge on any atom is -0.382 e. The van der Waals surface area contributed by atoms with Crippen molar-refractivity contribution in [3.8, 4) is 0 Å². The smallest absolute Gasteiger partial charge is 0.0915 e. The molecule has 0 radical (unpaired) electrons. The van der Waals surface area contributed by atoms with Crippen LogP contribution in [0.1, 0.15) is 0 Å². The minimum atomic E-state index is 0.233. The maximum absolute atomic E-state index is 5.54. The SMILES string of the molecule is COCCONCC1CN(C)CCO1. The van der Waals surface area contributed by atoms with E-state index in [1.807, 2.05) is 0 Å². The van der Waals surface area contributed by atoms with E-state index in [2.05, 4.69) is 17.4 Å². The highest BCUT2D eigenvalue weighted by Crippen LogP contribution is 2.01. The largest absolute Gasteiger partial charge is 0.382 e. The van der Waals surface area contributed by atoms with Crippen molar-refractivity contribution in [2.75, 3.05) is 53.6 Å². The lowest BCUT2D eigenvalue weighted by molar-refractivity contribution is -0.0571. The van der Waals surface area contributed by atoms with Gasteiger partial charge in [0.1, 0.15) is 0 Å². The third-order valence-electron chi connectivity index (χ3n) is 2.14. The van der Waals surface area contributed by atoms with Crippen LogP contribution in [0.2, 0.25) is 0 Å². The Labute approximate surface area is 85.3 Å². The van der Waals surface area contributed by atoms with Gasteiger partial charge in [0, 0.05) is 26.7 Å². The average molecular weight is 204 g/mol. The molecule has 84 valence electrons. The molecule has 1 N–H and O–H groups in total. The molecule has 1 unspecified atom stereocenters. The molecule has 0 aliphatic carbocycles. The Morgan fingerprint density at radius 1 is 1.50 bits per heavy atom. The molecular formula is C9H20N2O3. The van der Waals surface area contributed by atoms with Gasteiger partial charge in [-0.2, -0.15) is 5.48 Å². The summed E-state index contributed by atoms with van der Waals surface area (Å²) in [6.07, 6.45) is 0.233. The molecule has 0 spiro atoms. The normalized spacial score (nSPS) is 24.0. The van der Waals surface area contributed by atoms with E-state index >= 15 is 0 Å². The van der Waals surface area contributed by atoms with Crippen molar-refractivity contribution in [1.82, 2.24) is 10.4 Å². The van der Waals surface area contributed by atoms with Gasteiger partial charge < -0.3 is 14.4 Å². The van der Waals surface area contributed by atoms with Crippen molar-refractivity contribution >= 4 is 0 Å². The third-order valence-corrected chi connectivity index (χ3v) is 2.14. The first-order valence-electron chi connectivity index (χ1n) is 4.96. The van der Waals surface area contributed by atoms with Crippen LogP contribution >= 0.6 is 0 Å². The molecule has 0 bridgehead atoms. The molecule has 1 heterocycles. The van der Waals surface area contributed by atoms with Gasteiger partial charge in [-0.05, 0) is 7.05 Å². The molecule has 1 fully saturated rings. The van der Waals surface area contributed by atoms with Gasteiger partial charge in [0.2, 0.25) is 0 Å². The first kappa shape index (κ1) is 11.9. The van der Waals surface area contributed by atoms with E-state index < -0.39 is 0 Å². The lowest BCUT2D eigenvalue weighted by Crippen LogP contribution is -2.44. The zero-order valence-corrected chi connectivity index (χ0v) is 8.99. The summed E-state index contributed by atoms with van der Waals surface area (Å²) in [4.78, 5) is 7.39. The van der Waals surface area contributed by atoms with Gasteiger partial charge in [0.15, 0.2) is 0 Å². The summed E-state index contributed by atoms with van der Waals surface area (Å²) in [7, 11) is 3.75. The summed E-state index contributed by atoms with van der Waals surface area (Å²) in [5.41, 5.74) is 2.88. The van der Waals surface area contributed by atoms with E-state index in [-0.39, 0.29) is 6.10 Å². The molecular weight excluding hydrogens is 184 g/mol. The Morgan fingerprint density at radius 2 is 2.36 bits per heavy atom. The van der Waals surface area contributed by atoms with Crippen LogP contribution in [0.25, 0.3) is 0 Å². The molecule has 0 aromatic heterocycles. The Morgan fingerprint density at radius 3 is 3.07 bits per heavy atom. The number of hydroxylamine groups is 1. The van der Waals surface area contributed by atoms with Crippen molar-refractivity contribution in [2.45, 2.75) is 6.10 Å². The molecule has 0 aromatic rings. The maximum Gasteiger partial charge on any atom is 0.0915 e. The fourth-order valence-electron chi connectivity index (χ4n) is 1.34. The summed E-state index contributed by atoms with van der Waals surface area (Å²) in [6, 6.07) is 0. The number of likely N-dealkylation sites (N-methyl/N-ethyl adjacent to an activating group) is 1. The number of nitrogens with zero attached hydrogens (tertiary/aromatic N) is 1. The highest BCUT2D eigenvalue weighted by molar-refractivity contribution is 4.69. The van der Waals surface area contributed by atoms with Crippen LogP contribution in [-0.4, -0.2) is 64.6 Å². The van der Waals surface area contributed by atoms with Gasteiger partial charge >= 0.3 is 0 Å². The van der Waals surface area contributed by atoms with Gasteiger partial charge in [-0.1, -0.05) is 0 Å². The first-order valence-corrected chi connectivity index (χ1v) is 4.96. The summed E-state index contributed by atoms with van der Waals surface area (Å²) in [6.45, 7) is 4.69. The van der Waals surface area contributed by atoms with Crippen molar-refractivity contribution < 1.29 is 14.3 Å². The van der Waals surface area contributed by atoms with Crippen LogP contribution in [0.15, 0.2) is 0 Å². The first-order chi connectivity index (χ1) is 6.83. The van der Waals surface area contributed by atoms with Crippen LogP contribution in [0.3, 0.4) is 0 Å². The van der Waals surface area contributed by atoms with E-state index in [9.17, 15) is 0 Å². The highest BCUT2D eigenvalue weighted by atomic mass is 16.7. The van der Waals surface area contributed by atoms with Crippen molar-refractivity contribution in [3.63, 3.8) is 0 Å². The quantitative estimate of drug-likeness (QED) is 0.466. The van der Waals surface area contributed by atoms with E-state index in [1.165, 1.54) is 0 Å². The average Bonchev–Trinajstić information content (AvgIpc) is 2.18. The molecule has 1 atom stereocenters. The highest BCUT2D eigenvalue weighted by Gasteiger charge is 2.16. The summed E-state index contributed by atoms with van der Waals surface area (Å²) in [5.74, 6) is 0. The Hall–Kier alpha value is -0.200. The van der Waals surface area contributed by atoms with Gasteiger partial charge in [-0.15, -0.1) is 0 Å². The number of morpholine rings is 1. The third kappa shape index (κ3) is 4.88. The monoisotopic (exact) mass is 204 g/mol. The Balaban J connectivity index is 1.95. The van der Waals surface area contributed by atoms with Crippen LogP contribution in [0.5, 0.6) is 0 Å². The van der Waals surface area contributed by atoms with Gasteiger partial charge in [-0.25, -0.2) is 0 Å². The van der Waals surface area contributed by atoms with E-state index in [0.29, 0.717) is 13.2 Å². The molecule has 1 saturated heterocycles. The predicted molar refractivity (Wildman–Crippen MR) is 53.1 cm³/mol. The maximum atomic E-state index is 5.54. The van der Waals surface area contributed by atoms with Gasteiger partial charge in [-0.3, -0.25) is 4.84 Å². The number of hydrogen-bond donors (Lipinski definition) is 1. The van der Waals surface area contributed by atoms with Crippen LogP contribution < -0.4 is 5.48 Å². The second-order valence-electron chi connectivity index (χ2n) is 3.44. The van der Waals surface area contributed by atoms with E-state index in [1.54, 1.807) is 7.11 Å². The Kier molecular flexibility index (Phi) is 6.05. The molecule has 1 aliphatic rings. The number of nitrogens with one attached hydrogen (secondary N) is 1. The molecule has 0 amide bonds. The minimum absolute atomic E-state index is 0.233. The van der Waals surface area contributed by atoms with E-state index in [0.717, 1.165) is 26.2 Å². The van der Waals surface area contributed by atoms with Crippen molar-refractivity contribution in [2.24, 2.45) is 0 Å². The predicted octanol–water partition coefficient (Wildman–Crippen LogP) is -0.515. The summed E-state index contributed by atoms with van der Waals surface area (Å²) in [5, 5.41) is 0. The van der Waals surface area contributed by atoms with Gasteiger partial charge in [0.25, 0.3) is 0 Å². The lowest BCUT2D eigenvalue weighted by Gasteiger charge is -2.29. The molecule has 14 heavy (non-hydrogen) atoms. The second kappa shape index (κ2) is 7.14. The topological polar surface area (TPSA) is 43.0 Å². The zero-order valence-electron chi connectivity index (χ0n) is 8.99. The number of hydrogen-bond acceptors (Lipinski definition) is 5. The molecule has 1 aliphatic heterocycles. The summed E-state index contributed by atoms with van der Waals surface area (Å²) >= 11 is 0. The zero-order chi connectivity index (χ0) is 10.2. The van der Waals surface area contributed by atoms with Crippen molar-refractivity contribution in [1.29, 1.82) is 0 Å². The Bertz CT molecular complexity index is 146. The summed E-state index contributed by atoms with van der Waals surface area (Å²) < 4.78 is 10.4. The lowest BCUT2D eigenvalue weighted by atomic mass is 10.3. The van der Waals surface area contributed by atoms with Crippen LogP contribution in [0, 0.1) is 0 Å². The molecule has 5 heteroatoms. The number of rotatable bonds is 6. The number of methoxy groups -OCH3 is 1. The molecule has 1 rings (SSSR count). The number of ether oxygens (including phenoxy) is 2. The molecule has 0 saturated carbocycles. The molecule has 0 aromatic carbocycles. The fraction of sp³-hybridized carbons (Fsp3) is 1.00. The molecule has 5 nitrogen and oxygen atoms in total. The van der Waals surface area contributed by atoms with Crippen LogP contribution in [0.4, 0.5) is 0 Å². The van der Waals surface area contributed by atoms with Crippen molar-refractivity contribution in [3.05, 3.63) is 0 Å². The standard InChI is InChI=1S/C9H20N2O3/c1-11-3-4-13-9(8-11)7-10-14-6-5-12-2/h9-10H,3-8H2,1-2H3. The fourth-order valence-corrected chi connectivity index (χ4v) is 1.34. The van der Waals surface area contributed by atoms with Gasteiger partial charge in [0.05, 0.1) is 25.9 Å².